The SMILES string of the molecule is COC(=O)N[C@]1(C(F)(F)F)NC(=O)N(c2ccc(Cl)cc2)C1=O. The molecule has 1 aliphatic rings. The van der Waals surface area contributed by atoms with Gasteiger partial charge in [0.1, 0.15) is 0 Å². The minimum atomic E-state index is -5.30. The quantitative estimate of drug-likeness (QED) is 0.798. The van der Waals surface area contributed by atoms with Crippen LogP contribution in [0.1, 0.15) is 0 Å². The van der Waals surface area contributed by atoms with Gasteiger partial charge in [-0.05, 0) is 24.3 Å². The Balaban J connectivity index is 2.47. The highest BCUT2D eigenvalue weighted by Crippen LogP contribution is 2.36. The van der Waals surface area contributed by atoms with E-state index in [1.54, 1.807) is 0 Å². The molecule has 1 saturated heterocycles. The maximum absolute atomic E-state index is 13.3. The van der Waals surface area contributed by atoms with Crippen LogP contribution in [0.5, 0.6) is 0 Å². The lowest BCUT2D eigenvalue weighted by Gasteiger charge is -2.29. The molecule has 1 aromatic carbocycles. The Hall–Kier alpha value is -2.49. The van der Waals surface area contributed by atoms with E-state index < -0.39 is 29.9 Å². The number of alkyl halides is 3. The average molecular weight is 352 g/mol. The van der Waals surface area contributed by atoms with Crippen molar-refractivity contribution in [1.82, 2.24) is 10.6 Å². The number of nitrogens with zero attached hydrogens (tertiary/aromatic N) is 1. The molecule has 0 unspecified atom stereocenters. The molecule has 1 aromatic rings. The second-order valence-electron chi connectivity index (χ2n) is 4.41. The smallest absolute Gasteiger partial charge is 0.440 e. The van der Waals surface area contributed by atoms with Gasteiger partial charge >= 0.3 is 18.3 Å². The molecule has 0 aliphatic carbocycles. The fraction of sp³-hybridized carbons (Fsp3) is 0.250. The standard InChI is InChI=1S/C12H9ClF3N3O4/c1-23-10(22)18-11(12(14,15)16)8(20)19(9(21)17-11)7-4-2-6(13)3-5-7/h2-5H,1H3,(H,17,21)(H,18,22)/t11-/m1/s1. The molecule has 4 amide bonds. The second-order valence-corrected chi connectivity index (χ2v) is 4.85. The van der Waals surface area contributed by atoms with E-state index in [0.29, 0.717) is 0 Å². The minimum absolute atomic E-state index is 0.144. The molecule has 1 aliphatic heterocycles. The molecular weight excluding hydrogens is 343 g/mol. The van der Waals surface area contributed by atoms with Crippen LogP contribution in [0.3, 0.4) is 0 Å². The summed E-state index contributed by atoms with van der Waals surface area (Å²) in [7, 11) is 0.817. The number of hydrogen-bond donors (Lipinski definition) is 2. The Kier molecular flexibility index (Phi) is 4.12. The Morgan fingerprint density at radius 3 is 2.35 bits per heavy atom. The molecule has 1 fully saturated rings. The molecule has 0 spiro atoms. The first-order chi connectivity index (χ1) is 10.6. The van der Waals surface area contributed by atoms with Crippen molar-refractivity contribution in [2.45, 2.75) is 11.8 Å². The number of alkyl carbamates (subject to hydrolysis) is 1. The summed E-state index contributed by atoms with van der Waals surface area (Å²) in [6, 6.07) is 3.60. The van der Waals surface area contributed by atoms with Gasteiger partial charge in [-0.25, -0.2) is 14.5 Å². The summed E-state index contributed by atoms with van der Waals surface area (Å²) < 4.78 is 44.1. The number of ether oxygens (including phenoxy) is 1. The lowest BCUT2D eigenvalue weighted by Crippen LogP contribution is -2.69. The number of halogens is 4. The number of urea groups is 1. The van der Waals surface area contributed by atoms with Crippen molar-refractivity contribution in [3.8, 4) is 0 Å². The van der Waals surface area contributed by atoms with Gasteiger partial charge in [0, 0.05) is 5.02 Å². The maximum atomic E-state index is 13.3. The molecule has 7 nitrogen and oxygen atoms in total. The normalized spacial score (nSPS) is 21.2. The summed E-state index contributed by atoms with van der Waals surface area (Å²) >= 11 is 5.65. The molecule has 0 radical (unpaired) electrons. The number of benzene rings is 1. The van der Waals surface area contributed by atoms with E-state index in [2.05, 4.69) is 4.74 Å². The summed E-state index contributed by atoms with van der Waals surface area (Å²) in [5.41, 5.74) is -3.76. The second kappa shape index (κ2) is 5.61. The van der Waals surface area contributed by atoms with Crippen molar-refractivity contribution in [1.29, 1.82) is 0 Å². The van der Waals surface area contributed by atoms with Crippen molar-refractivity contribution in [2.75, 3.05) is 12.0 Å². The van der Waals surface area contributed by atoms with Gasteiger partial charge in [0.05, 0.1) is 12.8 Å². The van der Waals surface area contributed by atoms with Crippen molar-refractivity contribution in [2.24, 2.45) is 0 Å². The number of nitrogens with one attached hydrogen (secondary N) is 2. The third-order valence-electron chi connectivity index (χ3n) is 3.01. The summed E-state index contributed by atoms with van der Waals surface area (Å²) in [5.74, 6) is -1.72. The molecular formula is C12H9ClF3N3O4. The van der Waals surface area contributed by atoms with Crippen molar-refractivity contribution < 1.29 is 32.3 Å². The van der Waals surface area contributed by atoms with E-state index in [1.807, 2.05) is 0 Å². The molecule has 1 atom stereocenters. The first kappa shape index (κ1) is 16.9. The summed E-state index contributed by atoms with van der Waals surface area (Å²) in [5, 5.41) is 3.05. The molecule has 23 heavy (non-hydrogen) atoms. The topological polar surface area (TPSA) is 87.7 Å². The Labute approximate surface area is 132 Å². The number of carbonyl (C=O) groups excluding carboxylic acids is 3. The van der Waals surface area contributed by atoms with E-state index >= 15 is 0 Å². The Morgan fingerprint density at radius 1 is 1.30 bits per heavy atom. The van der Waals surface area contributed by atoms with E-state index in [1.165, 1.54) is 34.9 Å². The van der Waals surface area contributed by atoms with Crippen LogP contribution in [0, 0.1) is 0 Å². The third-order valence-corrected chi connectivity index (χ3v) is 3.26. The predicted octanol–water partition coefficient (Wildman–Crippen LogP) is 2.01. The summed E-state index contributed by atoms with van der Waals surface area (Å²) in [6.45, 7) is 0. The zero-order valence-corrected chi connectivity index (χ0v) is 12.2. The highest BCUT2D eigenvalue weighted by molar-refractivity contribution is 6.31. The fourth-order valence-corrected chi connectivity index (χ4v) is 2.03. The van der Waals surface area contributed by atoms with Gasteiger partial charge < -0.3 is 4.74 Å². The largest absolute Gasteiger partial charge is 0.453 e. The minimum Gasteiger partial charge on any atom is -0.453 e. The van der Waals surface area contributed by atoms with Crippen molar-refractivity contribution in [3.05, 3.63) is 29.3 Å². The van der Waals surface area contributed by atoms with Crippen LogP contribution < -0.4 is 15.5 Å². The number of carbonyl (C=O) groups is 3. The van der Waals surface area contributed by atoms with Gasteiger partial charge in [-0.3, -0.25) is 15.4 Å². The van der Waals surface area contributed by atoms with Crippen LogP contribution in [0.25, 0.3) is 0 Å². The lowest BCUT2D eigenvalue weighted by molar-refractivity contribution is -0.197. The maximum Gasteiger partial charge on any atom is 0.440 e. The molecule has 124 valence electrons. The van der Waals surface area contributed by atoms with Crippen LogP contribution in [0.15, 0.2) is 24.3 Å². The highest BCUT2D eigenvalue weighted by Gasteiger charge is 2.69. The van der Waals surface area contributed by atoms with Gasteiger partial charge in [-0.1, -0.05) is 11.6 Å². The molecule has 2 N–H and O–H groups in total. The van der Waals surface area contributed by atoms with Gasteiger partial charge in [0.2, 0.25) is 0 Å². The number of anilines is 1. The number of methoxy groups -OCH3 is 1. The van der Waals surface area contributed by atoms with Crippen LogP contribution in [0.2, 0.25) is 5.02 Å². The number of amides is 4. The third kappa shape index (κ3) is 2.77. The fourth-order valence-electron chi connectivity index (χ4n) is 1.91. The summed E-state index contributed by atoms with van der Waals surface area (Å²) in [6.07, 6.45) is -6.83. The number of imide groups is 1. The van der Waals surface area contributed by atoms with Crippen LogP contribution in [-0.2, 0) is 9.53 Å². The molecule has 2 rings (SSSR count). The zero-order valence-electron chi connectivity index (χ0n) is 11.4. The van der Waals surface area contributed by atoms with Crippen molar-refractivity contribution >= 4 is 35.3 Å². The van der Waals surface area contributed by atoms with Crippen molar-refractivity contribution in [3.63, 3.8) is 0 Å². The molecule has 1 heterocycles. The van der Waals surface area contributed by atoms with Crippen LogP contribution in [0.4, 0.5) is 28.4 Å². The van der Waals surface area contributed by atoms with Gasteiger partial charge in [-0.2, -0.15) is 13.2 Å². The van der Waals surface area contributed by atoms with Crippen LogP contribution in [-0.4, -0.2) is 37.0 Å². The zero-order chi connectivity index (χ0) is 17.4. The first-order valence-electron chi connectivity index (χ1n) is 5.97. The monoisotopic (exact) mass is 351 g/mol. The van der Waals surface area contributed by atoms with E-state index in [-0.39, 0.29) is 15.6 Å². The van der Waals surface area contributed by atoms with E-state index in [9.17, 15) is 27.6 Å². The molecule has 0 saturated carbocycles. The molecule has 11 heteroatoms. The van der Waals surface area contributed by atoms with Gasteiger partial charge in [0.15, 0.2) is 0 Å². The number of rotatable bonds is 2. The van der Waals surface area contributed by atoms with Crippen LogP contribution >= 0.6 is 11.6 Å². The lowest BCUT2D eigenvalue weighted by atomic mass is 10.1. The first-order valence-corrected chi connectivity index (χ1v) is 6.35. The van der Waals surface area contributed by atoms with E-state index in [0.717, 1.165) is 7.11 Å². The highest BCUT2D eigenvalue weighted by atomic mass is 35.5. The molecule has 0 aromatic heterocycles. The van der Waals surface area contributed by atoms with Gasteiger partial charge in [-0.15, -0.1) is 0 Å². The van der Waals surface area contributed by atoms with Gasteiger partial charge in [0.25, 0.3) is 11.6 Å². The predicted molar refractivity (Wildman–Crippen MR) is 71.8 cm³/mol. The Morgan fingerprint density at radius 2 is 1.87 bits per heavy atom. The molecule has 0 bridgehead atoms. The van der Waals surface area contributed by atoms with E-state index in [4.69, 9.17) is 11.6 Å². The average Bonchev–Trinajstić information content (AvgIpc) is 2.71. The summed E-state index contributed by atoms with van der Waals surface area (Å²) in [4.78, 5) is 35.5. The Bertz CT molecular complexity index is 665. The number of hydrogen-bond acceptors (Lipinski definition) is 4.